The number of nitrogens with zero attached hydrogens (tertiary/aromatic N) is 2. The lowest BCUT2D eigenvalue weighted by atomic mass is 10.1. The quantitative estimate of drug-likeness (QED) is 0.875. The molecule has 0 bridgehead atoms. The molecule has 2 heterocycles. The van der Waals surface area contributed by atoms with Crippen LogP contribution in [0.3, 0.4) is 0 Å². The molecule has 0 radical (unpaired) electrons. The minimum absolute atomic E-state index is 0. The molecule has 1 fully saturated rings. The number of anilines is 1. The van der Waals surface area contributed by atoms with Crippen molar-refractivity contribution in [3.8, 4) is 0 Å². The molecule has 1 atom stereocenters. The van der Waals surface area contributed by atoms with Crippen LogP contribution < -0.4 is 10.6 Å². The second-order valence-electron chi connectivity index (χ2n) is 5.22. The van der Waals surface area contributed by atoms with Gasteiger partial charge in [0.25, 0.3) is 5.91 Å². The minimum atomic E-state index is -0.460. The van der Waals surface area contributed by atoms with E-state index in [1.54, 1.807) is 0 Å². The van der Waals surface area contributed by atoms with E-state index < -0.39 is 6.10 Å². The maximum absolute atomic E-state index is 12.0. The lowest BCUT2D eigenvalue weighted by Gasteiger charge is -2.21. The van der Waals surface area contributed by atoms with Crippen molar-refractivity contribution in [2.45, 2.75) is 19.4 Å². The molecule has 0 saturated carbocycles. The number of carbonyl (C=O) groups is 1. The predicted molar refractivity (Wildman–Crippen MR) is 92.4 cm³/mol. The highest BCUT2D eigenvalue weighted by molar-refractivity contribution is 7.15. The summed E-state index contributed by atoms with van der Waals surface area (Å²) in [6, 6.07) is 8.31. The molecule has 0 aliphatic carbocycles. The fourth-order valence-electron chi connectivity index (χ4n) is 2.18. The number of ether oxygens (including phenoxy) is 1. The fourth-order valence-corrected chi connectivity index (χ4v) is 2.95. The lowest BCUT2D eigenvalue weighted by molar-refractivity contribution is -0.128. The molecule has 1 amide bonds. The number of nitrogens with one attached hydrogen (secondary N) is 2. The Hall–Kier alpha value is -1.54. The van der Waals surface area contributed by atoms with Crippen LogP contribution in [0.15, 0.2) is 24.3 Å². The van der Waals surface area contributed by atoms with Gasteiger partial charge < -0.3 is 10.1 Å². The fraction of sp³-hybridized carbons (Fsp3) is 0.400. The van der Waals surface area contributed by atoms with Crippen LogP contribution in [0, 0.1) is 6.92 Å². The van der Waals surface area contributed by atoms with Gasteiger partial charge >= 0.3 is 0 Å². The number of halogens is 1. The molecule has 3 rings (SSSR count). The summed E-state index contributed by atoms with van der Waals surface area (Å²) in [6.45, 7) is 3.92. The second-order valence-corrected chi connectivity index (χ2v) is 6.28. The number of benzene rings is 1. The van der Waals surface area contributed by atoms with Gasteiger partial charge in [0, 0.05) is 19.5 Å². The number of amides is 1. The van der Waals surface area contributed by atoms with Crippen LogP contribution in [-0.2, 0) is 16.0 Å². The molecule has 1 aliphatic rings. The summed E-state index contributed by atoms with van der Waals surface area (Å²) in [5, 5.41) is 15.4. The summed E-state index contributed by atoms with van der Waals surface area (Å²) in [4.78, 5) is 12.0. The van der Waals surface area contributed by atoms with Crippen LogP contribution in [-0.4, -0.2) is 41.9 Å². The maximum atomic E-state index is 12.0. The van der Waals surface area contributed by atoms with E-state index in [1.807, 2.05) is 0 Å². The zero-order valence-electron chi connectivity index (χ0n) is 12.7. The Morgan fingerprint density at radius 1 is 1.39 bits per heavy atom. The first-order valence-electron chi connectivity index (χ1n) is 7.22. The Morgan fingerprint density at radius 2 is 2.17 bits per heavy atom. The Morgan fingerprint density at radius 3 is 2.87 bits per heavy atom. The third-order valence-corrected chi connectivity index (χ3v) is 4.23. The number of aryl methyl sites for hydroxylation is 1. The largest absolute Gasteiger partial charge is 0.366 e. The van der Waals surface area contributed by atoms with Gasteiger partial charge in [0.1, 0.15) is 11.1 Å². The summed E-state index contributed by atoms with van der Waals surface area (Å²) < 4.78 is 5.41. The summed E-state index contributed by atoms with van der Waals surface area (Å²) in [5.74, 6) is -0.176. The number of hydrogen-bond acceptors (Lipinski definition) is 6. The summed E-state index contributed by atoms with van der Waals surface area (Å²) in [5.41, 5.74) is 2.41. The molecule has 2 N–H and O–H groups in total. The van der Waals surface area contributed by atoms with Gasteiger partial charge in [-0.15, -0.1) is 22.6 Å². The molecule has 6 nitrogen and oxygen atoms in total. The number of morpholine rings is 1. The van der Waals surface area contributed by atoms with E-state index in [4.69, 9.17) is 4.74 Å². The Bertz CT molecular complexity index is 641. The monoisotopic (exact) mass is 354 g/mol. The molecule has 1 unspecified atom stereocenters. The second kappa shape index (κ2) is 8.35. The average molecular weight is 355 g/mol. The Labute approximate surface area is 145 Å². The van der Waals surface area contributed by atoms with Crippen LogP contribution >= 0.6 is 23.7 Å². The number of carbonyl (C=O) groups excluding carboxylic acids is 1. The number of aromatic nitrogens is 2. The topological polar surface area (TPSA) is 76.1 Å². The van der Waals surface area contributed by atoms with Crippen molar-refractivity contribution in [1.82, 2.24) is 15.5 Å². The van der Waals surface area contributed by atoms with Crippen LogP contribution in [0.5, 0.6) is 0 Å². The molecule has 1 aromatic carbocycles. The van der Waals surface area contributed by atoms with Crippen molar-refractivity contribution in [2.75, 3.05) is 25.0 Å². The molecule has 124 valence electrons. The lowest BCUT2D eigenvalue weighted by Crippen LogP contribution is -2.45. The van der Waals surface area contributed by atoms with Gasteiger partial charge in [-0.05, 0) is 12.5 Å². The van der Waals surface area contributed by atoms with Crippen molar-refractivity contribution in [1.29, 1.82) is 0 Å². The van der Waals surface area contributed by atoms with Gasteiger partial charge in [0.2, 0.25) is 5.13 Å². The Balaban J connectivity index is 0.00000192. The van der Waals surface area contributed by atoms with E-state index in [9.17, 15) is 4.79 Å². The first-order chi connectivity index (χ1) is 10.7. The molecular formula is C15H19ClN4O2S. The van der Waals surface area contributed by atoms with E-state index in [1.165, 1.54) is 22.5 Å². The van der Waals surface area contributed by atoms with E-state index in [0.717, 1.165) is 18.0 Å². The molecule has 0 spiro atoms. The zero-order chi connectivity index (χ0) is 15.4. The smallest absolute Gasteiger partial charge is 0.256 e. The van der Waals surface area contributed by atoms with E-state index in [0.29, 0.717) is 18.3 Å². The summed E-state index contributed by atoms with van der Waals surface area (Å²) >= 11 is 1.39. The van der Waals surface area contributed by atoms with Crippen LogP contribution in [0.2, 0.25) is 0 Å². The van der Waals surface area contributed by atoms with Crippen LogP contribution in [0.1, 0.15) is 16.1 Å². The highest BCUT2D eigenvalue weighted by Crippen LogP contribution is 2.19. The number of rotatable bonds is 4. The van der Waals surface area contributed by atoms with Crippen molar-refractivity contribution >= 4 is 34.8 Å². The molecule has 1 saturated heterocycles. The third kappa shape index (κ3) is 4.97. The number of hydrogen-bond donors (Lipinski definition) is 2. The van der Waals surface area contributed by atoms with E-state index >= 15 is 0 Å². The van der Waals surface area contributed by atoms with Gasteiger partial charge in [-0.1, -0.05) is 41.2 Å². The molecule has 2 aromatic rings. The third-order valence-electron chi connectivity index (χ3n) is 3.39. The average Bonchev–Trinajstić information content (AvgIpc) is 2.97. The van der Waals surface area contributed by atoms with Gasteiger partial charge in [-0.2, -0.15) is 0 Å². The molecular weight excluding hydrogens is 336 g/mol. The summed E-state index contributed by atoms with van der Waals surface area (Å²) in [6.07, 6.45) is 0.258. The first-order valence-corrected chi connectivity index (χ1v) is 8.03. The van der Waals surface area contributed by atoms with E-state index in [2.05, 4.69) is 52.0 Å². The van der Waals surface area contributed by atoms with Gasteiger partial charge in [0.05, 0.1) is 6.61 Å². The summed E-state index contributed by atoms with van der Waals surface area (Å²) in [7, 11) is 0. The van der Waals surface area contributed by atoms with Crippen molar-refractivity contribution in [3.05, 3.63) is 40.4 Å². The van der Waals surface area contributed by atoms with Gasteiger partial charge in [0.15, 0.2) is 0 Å². The maximum Gasteiger partial charge on any atom is 0.256 e. The highest BCUT2D eigenvalue weighted by atomic mass is 35.5. The normalized spacial score (nSPS) is 17.3. The molecule has 1 aromatic heterocycles. The molecule has 23 heavy (non-hydrogen) atoms. The SMILES string of the molecule is Cc1ccc(Cc2nnc(NC(=O)C3CNCCO3)s2)cc1.Cl. The predicted octanol–water partition coefficient (Wildman–Crippen LogP) is 1.79. The first kappa shape index (κ1) is 17.8. The standard InChI is InChI=1S/C15H18N4O2S.ClH/c1-10-2-4-11(5-3-10)8-13-18-19-15(22-13)17-14(20)12-9-16-6-7-21-12;/h2-5,12,16H,6-9H2,1H3,(H,17,19,20);1H. The minimum Gasteiger partial charge on any atom is -0.366 e. The van der Waals surface area contributed by atoms with E-state index in [-0.39, 0.29) is 18.3 Å². The van der Waals surface area contributed by atoms with Crippen molar-refractivity contribution in [2.24, 2.45) is 0 Å². The van der Waals surface area contributed by atoms with Crippen molar-refractivity contribution < 1.29 is 9.53 Å². The highest BCUT2D eigenvalue weighted by Gasteiger charge is 2.22. The van der Waals surface area contributed by atoms with Gasteiger partial charge in [-0.25, -0.2) is 0 Å². The van der Waals surface area contributed by atoms with Crippen LogP contribution in [0.25, 0.3) is 0 Å². The van der Waals surface area contributed by atoms with Gasteiger partial charge in [-0.3, -0.25) is 10.1 Å². The Kier molecular flexibility index (Phi) is 6.47. The van der Waals surface area contributed by atoms with Crippen LogP contribution in [0.4, 0.5) is 5.13 Å². The zero-order valence-corrected chi connectivity index (χ0v) is 14.4. The molecule has 1 aliphatic heterocycles. The van der Waals surface area contributed by atoms with Crippen molar-refractivity contribution in [3.63, 3.8) is 0 Å². The molecule has 8 heteroatoms.